The Hall–Kier alpha value is -1.90. The van der Waals surface area contributed by atoms with Gasteiger partial charge in [-0.05, 0) is 61.8 Å². The molecular formula is C29H50O3. The van der Waals surface area contributed by atoms with Gasteiger partial charge < -0.3 is 4.42 Å². The van der Waals surface area contributed by atoms with Crippen molar-refractivity contribution in [2.24, 2.45) is 23.7 Å². The molecule has 0 aliphatic carbocycles. The summed E-state index contributed by atoms with van der Waals surface area (Å²) < 4.78 is 5.24. The van der Waals surface area contributed by atoms with Gasteiger partial charge in [-0.2, -0.15) is 0 Å². The Bertz CT molecular complexity index is 705. The minimum Gasteiger partial charge on any atom is -0.464 e. The molecule has 1 aromatic heterocycles. The summed E-state index contributed by atoms with van der Waals surface area (Å²) in [5.74, 6) is 1.97. The van der Waals surface area contributed by atoms with Crippen LogP contribution in [0.15, 0.2) is 34.9 Å². The van der Waals surface area contributed by atoms with Gasteiger partial charge in [0.2, 0.25) is 0 Å². The first-order valence-corrected chi connectivity index (χ1v) is 12.4. The largest absolute Gasteiger partial charge is 0.464 e. The molecule has 3 nitrogen and oxygen atoms in total. The fourth-order valence-corrected chi connectivity index (χ4v) is 1.95. The number of ketones is 2. The van der Waals surface area contributed by atoms with E-state index in [-0.39, 0.29) is 11.6 Å². The fourth-order valence-electron chi connectivity index (χ4n) is 1.95. The second-order valence-electron chi connectivity index (χ2n) is 9.68. The van der Waals surface area contributed by atoms with Crippen molar-refractivity contribution in [3.63, 3.8) is 0 Å². The molecule has 0 aliphatic heterocycles. The topological polar surface area (TPSA) is 47.3 Å². The van der Waals surface area contributed by atoms with Crippen LogP contribution in [-0.2, 0) is 16.0 Å². The standard InChI is InChI=1S/C14H14O3.3C5H12/c1-9(15)13(10(2)16)8-11-3-4-14-12(7-11)5-6-17-14;3*1-4-5(2)3/h3-7,13H,8H2,1-2H3;3*5H,4H2,1-3H3. The number of carbonyl (C=O) groups is 2. The Balaban J connectivity index is 0. The summed E-state index contributed by atoms with van der Waals surface area (Å²) in [6, 6.07) is 7.58. The number of hydrogen-bond acceptors (Lipinski definition) is 3. The number of carbonyl (C=O) groups excluding carboxylic acids is 2. The zero-order valence-corrected chi connectivity index (χ0v) is 22.7. The van der Waals surface area contributed by atoms with Gasteiger partial charge in [0.05, 0.1) is 12.2 Å². The van der Waals surface area contributed by atoms with Gasteiger partial charge in [-0.1, -0.05) is 87.6 Å². The number of furan rings is 1. The molecule has 0 aliphatic rings. The highest BCUT2D eigenvalue weighted by atomic mass is 16.3. The van der Waals surface area contributed by atoms with E-state index in [1.807, 2.05) is 24.3 Å². The van der Waals surface area contributed by atoms with E-state index in [0.29, 0.717) is 6.42 Å². The maximum absolute atomic E-state index is 11.4. The number of rotatable bonds is 7. The van der Waals surface area contributed by atoms with Crippen LogP contribution in [0.4, 0.5) is 0 Å². The summed E-state index contributed by atoms with van der Waals surface area (Å²) in [6.07, 6.45) is 6.01. The van der Waals surface area contributed by atoms with E-state index in [9.17, 15) is 9.59 Å². The van der Waals surface area contributed by atoms with Crippen LogP contribution in [0.2, 0.25) is 0 Å². The highest BCUT2D eigenvalue weighted by molar-refractivity contribution is 6.00. The molecule has 0 unspecified atom stereocenters. The highest BCUT2D eigenvalue weighted by Gasteiger charge is 2.19. The van der Waals surface area contributed by atoms with E-state index in [1.165, 1.54) is 33.1 Å². The first-order valence-electron chi connectivity index (χ1n) is 12.4. The van der Waals surface area contributed by atoms with Crippen LogP contribution < -0.4 is 0 Å². The Morgan fingerprint density at radius 1 is 0.750 bits per heavy atom. The molecule has 0 saturated carbocycles. The first kappa shape index (κ1) is 32.3. The molecule has 0 fully saturated rings. The van der Waals surface area contributed by atoms with Crippen molar-refractivity contribution in [3.8, 4) is 0 Å². The van der Waals surface area contributed by atoms with E-state index in [2.05, 4.69) is 62.3 Å². The first-order chi connectivity index (χ1) is 14.9. The smallest absolute Gasteiger partial charge is 0.140 e. The normalized spacial score (nSPS) is 10.3. The van der Waals surface area contributed by atoms with Crippen molar-refractivity contribution in [1.29, 1.82) is 0 Å². The van der Waals surface area contributed by atoms with Gasteiger partial charge in [-0.3, -0.25) is 9.59 Å². The Morgan fingerprint density at radius 2 is 1.16 bits per heavy atom. The second-order valence-corrected chi connectivity index (χ2v) is 9.68. The molecular weight excluding hydrogens is 396 g/mol. The second kappa shape index (κ2) is 18.7. The van der Waals surface area contributed by atoms with Gasteiger partial charge in [0, 0.05) is 5.39 Å². The summed E-state index contributed by atoms with van der Waals surface area (Å²) in [7, 11) is 0. The van der Waals surface area contributed by atoms with Gasteiger partial charge in [-0.15, -0.1) is 0 Å². The minimum atomic E-state index is -0.528. The summed E-state index contributed by atoms with van der Waals surface area (Å²) in [5, 5.41) is 0.994. The van der Waals surface area contributed by atoms with E-state index in [1.54, 1.807) is 6.26 Å². The predicted molar refractivity (Wildman–Crippen MR) is 140 cm³/mol. The third-order valence-corrected chi connectivity index (χ3v) is 5.39. The van der Waals surface area contributed by atoms with E-state index < -0.39 is 5.92 Å². The maximum atomic E-state index is 11.4. The molecule has 0 saturated heterocycles. The lowest BCUT2D eigenvalue weighted by molar-refractivity contribution is -0.130. The van der Waals surface area contributed by atoms with Gasteiger partial charge in [0.25, 0.3) is 0 Å². The minimum absolute atomic E-state index is 0.0789. The summed E-state index contributed by atoms with van der Waals surface area (Å²) >= 11 is 0. The van der Waals surface area contributed by atoms with Crippen LogP contribution in [-0.4, -0.2) is 11.6 Å². The summed E-state index contributed by atoms with van der Waals surface area (Å²) in [4.78, 5) is 22.7. The number of hydrogen-bond donors (Lipinski definition) is 0. The van der Waals surface area contributed by atoms with Crippen molar-refractivity contribution in [1.82, 2.24) is 0 Å². The van der Waals surface area contributed by atoms with Crippen LogP contribution in [0.25, 0.3) is 11.0 Å². The van der Waals surface area contributed by atoms with Crippen molar-refractivity contribution in [2.75, 3.05) is 0 Å². The Labute approximate surface area is 198 Å². The maximum Gasteiger partial charge on any atom is 0.140 e. The van der Waals surface area contributed by atoms with Crippen molar-refractivity contribution >= 4 is 22.5 Å². The van der Waals surface area contributed by atoms with Crippen LogP contribution >= 0.6 is 0 Å². The molecule has 3 heteroatoms. The van der Waals surface area contributed by atoms with Crippen LogP contribution in [0.3, 0.4) is 0 Å². The number of fused-ring (bicyclic) bond motifs is 1. The molecule has 1 heterocycles. The molecule has 0 atom stereocenters. The quantitative estimate of drug-likeness (QED) is 0.399. The zero-order valence-electron chi connectivity index (χ0n) is 22.7. The van der Waals surface area contributed by atoms with E-state index in [4.69, 9.17) is 4.42 Å². The Kier molecular flexibility index (Phi) is 18.8. The van der Waals surface area contributed by atoms with Gasteiger partial charge in [0.15, 0.2) is 0 Å². The van der Waals surface area contributed by atoms with Crippen LogP contribution in [0.5, 0.6) is 0 Å². The van der Waals surface area contributed by atoms with E-state index >= 15 is 0 Å². The average Bonchev–Trinajstić information content (AvgIpc) is 3.20. The molecule has 0 amide bonds. The fraction of sp³-hybridized carbons (Fsp3) is 0.655. The monoisotopic (exact) mass is 446 g/mol. The number of benzene rings is 1. The lowest BCUT2D eigenvalue weighted by atomic mass is 9.92. The summed E-state index contributed by atoms with van der Waals surface area (Å²) in [5.41, 5.74) is 1.80. The Morgan fingerprint density at radius 3 is 1.50 bits per heavy atom. The molecule has 1 aromatic carbocycles. The van der Waals surface area contributed by atoms with Gasteiger partial charge >= 0.3 is 0 Å². The zero-order chi connectivity index (χ0) is 25.3. The highest BCUT2D eigenvalue weighted by Crippen LogP contribution is 2.19. The molecule has 184 valence electrons. The van der Waals surface area contributed by atoms with Crippen molar-refractivity contribution in [2.45, 2.75) is 102 Å². The third-order valence-electron chi connectivity index (χ3n) is 5.39. The SMILES string of the molecule is CC(=O)C(Cc1ccc2occc2c1)C(C)=O.CCC(C)C.CCC(C)C.CCC(C)C. The average molecular weight is 447 g/mol. The molecule has 0 radical (unpaired) electrons. The van der Waals surface area contributed by atoms with Crippen molar-refractivity contribution in [3.05, 3.63) is 36.1 Å². The predicted octanol–water partition coefficient (Wildman–Crippen LogP) is 8.93. The van der Waals surface area contributed by atoms with Gasteiger partial charge in [-0.25, -0.2) is 0 Å². The van der Waals surface area contributed by atoms with Crippen LogP contribution in [0, 0.1) is 23.7 Å². The summed E-state index contributed by atoms with van der Waals surface area (Å²) in [6.45, 7) is 22.9. The molecule has 32 heavy (non-hydrogen) atoms. The lowest BCUT2D eigenvalue weighted by Gasteiger charge is -2.09. The van der Waals surface area contributed by atoms with Crippen molar-refractivity contribution < 1.29 is 14.0 Å². The van der Waals surface area contributed by atoms with Gasteiger partial charge in [0.1, 0.15) is 17.1 Å². The van der Waals surface area contributed by atoms with E-state index in [0.717, 1.165) is 34.3 Å². The number of Topliss-reactive ketones (excluding diaryl/α,β-unsaturated/α-hetero) is 2. The molecule has 0 bridgehead atoms. The molecule has 0 N–H and O–H groups in total. The third kappa shape index (κ3) is 16.8. The van der Waals surface area contributed by atoms with Crippen LogP contribution in [0.1, 0.15) is 101 Å². The lowest BCUT2D eigenvalue weighted by Crippen LogP contribution is -2.21. The molecule has 2 rings (SSSR count). The molecule has 0 spiro atoms. The molecule has 2 aromatic rings.